The fraction of sp³-hybridized carbons (Fsp3) is 0.500. The van der Waals surface area contributed by atoms with Crippen molar-refractivity contribution in [3.63, 3.8) is 0 Å². The lowest BCUT2D eigenvalue weighted by atomic mass is 9.98. The molecule has 0 amide bonds. The number of aromatic amines is 1. The second-order valence-corrected chi connectivity index (χ2v) is 10.8. The molecule has 0 radical (unpaired) electrons. The van der Waals surface area contributed by atoms with Gasteiger partial charge >= 0.3 is 19.4 Å². The first-order valence-corrected chi connectivity index (χ1v) is 12.8. The highest BCUT2D eigenvalue weighted by atomic mass is 31.2. The zero-order valence-corrected chi connectivity index (χ0v) is 20.4. The summed E-state index contributed by atoms with van der Waals surface area (Å²) in [4.78, 5) is 36.8. The molecule has 2 aromatic rings. The molecule has 4 N–H and O–H groups in total. The first-order chi connectivity index (χ1) is 16.9. The van der Waals surface area contributed by atoms with E-state index in [1.165, 1.54) is 6.92 Å². The van der Waals surface area contributed by atoms with Crippen molar-refractivity contribution in [1.82, 2.24) is 14.6 Å². The van der Waals surface area contributed by atoms with Crippen molar-refractivity contribution < 1.29 is 37.7 Å². The molecular formula is C22H27FN3O9P. The molecule has 1 saturated carbocycles. The van der Waals surface area contributed by atoms with Gasteiger partial charge in [-0.3, -0.25) is 23.7 Å². The minimum atomic E-state index is -4.36. The number of rotatable bonds is 10. The smallest absolute Gasteiger partial charge is 0.459 e. The Labute approximate surface area is 204 Å². The van der Waals surface area contributed by atoms with Crippen molar-refractivity contribution in [3.05, 3.63) is 62.9 Å². The van der Waals surface area contributed by atoms with Crippen molar-refractivity contribution in [1.29, 1.82) is 0 Å². The van der Waals surface area contributed by atoms with Crippen molar-refractivity contribution in [2.24, 2.45) is 0 Å². The monoisotopic (exact) mass is 527 g/mol. The normalized spacial score (nSPS) is 28.4. The van der Waals surface area contributed by atoms with Crippen LogP contribution in [0, 0.1) is 0 Å². The van der Waals surface area contributed by atoms with Gasteiger partial charge in [0.15, 0.2) is 11.9 Å². The predicted octanol–water partition coefficient (Wildman–Crippen LogP) is 1.67. The van der Waals surface area contributed by atoms with Crippen LogP contribution in [0.2, 0.25) is 0 Å². The summed E-state index contributed by atoms with van der Waals surface area (Å²) in [6.45, 7) is 1.56. The summed E-state index contributed by atoms with van der Waals surface area (Å²) in [6, 6.07) is 6.43. The van der Waals surface area contributed by atoms with E-state index in [9.17, 15) is 29.2 Å². The summed E-state index contributed by atoms with van der Waals surface area (Å²) in [6.07, 6.45) is -1.68. The molecule has 1 aromatic carbocycles. The molecule has 2 aliphatic rings. The minimum Gasteiger partial charge on any atom is -0.480 e. The van der Waals surface area contributed by atoms with E-state index in [0.717, 1.165) is 42.2 Å². The third-order valence-electron chi connectivity index (χ3n) is 6.11. The van der Waals surface area contributed by atoms with Gasteiger partial charge in [-0.05, 0) is 50.3 Å². The van der Waals surface area contributed by atoms with Gasteiger partial charge in [0, 0.05) is 12.3 Å². The SMILES string of the molecule is CC(N[P@](=O)(OC[C@H]1O[C@@H](n2ccc(=O)[nH]c2=O)[C@](C)(F)[C@@H]1O)Oc1ccc(C2CC2)cc1)C(=O)O. The number of carbonyl (C=O) groups is 1. The lowest BCUT2D eigenvalue weighted by molar-refractivity contribution is -0.138. The Balaban J connectivity index is 1.51. The lowest BCUT2D eigenvalue weighted by Gasteiger charge is -2.25. The molecule has 14 heteroatoms. The van der Waals surface area contributed by atoms with Crippen LogP contribution in [0.5, 0.6) is 5.75 Å². The molecule has 1 unspecified atom stereocenters. The van der Waals surface area contributed by atoms with E-state index in [1.807, 2.05) is 17.1 Å². The number of nitrogens with one attached hydrogen (secondary N) is 2. The van der Waals surface area contributed by atoms with E-state index < -0.39 is 61.7 Å². The van der Waals surface area contributed by atoms with Crippen LogP contribution in [-0.4, -0.2) is 56.3 Å². The van der Waals surface area contributed by atoms with Gasteiger partial charge in [0.2, 0.25) is 0 Å². The molecule has 2 fully saturated rings. The predicted molar refractivity (Wildman–Crippen MR) is 124 cm³/mol. The van der Waals surface area contributed by atoms with Gasteiger partial charge in [-0.1, -0.05) is 12.1 Å². The van der Waals surface area contributed by atoms with Crippen LogP contribution in [0.15, 0.2) is 46.1 Å². The van der Waals surface area contributed by atoms with Crippen LogP contribution in [-0.2, 0) is 18.6 Å². The number of aromatic nitrogens is 2. The van der Waals surface area contributed by atoms with Crippen molar-refractivity contribution in [2.75, 3.05) is 6.61 Å². The summed E-state index contributed by atoms with van der Waals surface area (Å²) < 4.78 is 46.0. The van der Waals surface area contributed by atoms with E-state index in [0.29, 0.717) is 5.92 Å². The third-order valence-corrected chi connectivity index (χ3v) is 7.75. The summed E-state index contributed by atoms with van der Waals surface area (Å²) in [5.74, 6) is -0.697. The van der Waals surface area contributed by atoms with Crippen LogP contribution in [0.25, 0.3) is 0 Å². The maximum absolute atomic E-state index is 15.4. The van der Waals surface area contributed by atoms with Crippen LogP contribution in [0.4, 0.5) is 4.39 Å². The van der Waals surface area contributed by atoms with E-state index in [1.54, 1.807) is 12.1 Å². The highest BCUT2D eigenvalue weighted by molar-refractivity contribution is 7.52. The number of nitrogens with zero attached hydrogens (tertiary/aromatic N) is 1. The molecule has 0 spiro atoms. The van der Waals surface area contributed by atoms with Gasteiger partial charge in [-0.2, -0.15) is 5.09 Å². The second kappa shape index (κ2) is 9.91. The number of benzene rings is 1. The highest BCUT2D eigenvalue weighted by Gasteiger charge is 2.55. The van der Waals surface area contributed by atoms with Crippen LogP contribution >= 0.6 is 7.75 Å². The molecule has 12 nitrogen and oxygen atoms in total. The van der Waals surface area contributed by atoms with Gasteiger partial charge in [-0.15, -0.1) is 0 Å². The van der Waals surface area contributed by atoms with Crippen LogP contribution in [0.3, 0.4) is 0 Å². The third kappa shape index (κ3) is 5.60. The number of hydrogen-bond acceptors (Lipinski definition) is 8. The molecule has 1 aliphatic heterocycles. The maximum Gasteiger partial charge on any atom is 0.459 e. The maximum atomic E-state index is 15.4. The zero-order valence-electron chi connectivity index (χ0n) is 19.5. The Morgan fingerprint density at radius 1 is 1.33 bits per heavy atom. The minimum absolute atomic E-state index is 0.147. The summed E-state index contributed by atoms with van der Waals surface area (Å²) in [7, 11) is -4.36. The largest absolute Gasteiger partial charge is 0.480 e. The van der Waals surface area contributed by atoms with Gasteiger partial charge in [0.1, 0.15) is 24.0 Å². The van der Waals surface area contributed by atoms with Crippen molar-refractivity contribution in [3.8, 4) is 5.75 Å². The Bertz CT molecular complexity index is 1270. The first kappa shape index (κ1) is 26.2. The Hall–Kier alpha value is -2.83. The van der Waals surface area contributed by atoms with E-state index in [-0.39, 0.29) is 5.75 Å². The zero-order chi connectivity index (χ0) is 26.3. The molecule has 4 rings (SSSR count). The Morgan fingerprint density at radius 2 is 2.00 bits per heavy atom. The molecule has 2 heterocycles. The molecule has 196 valence electrons. The topological polar surface area (TPSA) is 169 Å². The van der Waals surface area contributed by atoms with E-state index >= 15 is 4.39 Å². The van der Waals surface area contributed by atoms with Gasteiger partial charge < -0.3 is 19.5 Å². The molecule has 1 aromatic heterocycles. The molecular weight excluding hydrogens is 500 g/mol. The number of aliphatic hydroxyl groups excluding tert-OH is 1. The van der Waals surface area contributed by atoms with E-state index in [2.05, 4.69) is 5.09 Å². The molecule has 1 saturated heterocycles. The number of aliphatic hydroxyl groups is 1. The lowest BCUT2D eigenvalue weighted by Crippen LogP contribution is -2.43. The summed E-state index contributed by atoms with van der Waals surface area (Å²) in [5, 5.41) is 22.1. The van der Waals surface area contributed by atoms with Crippen molar-refractivity contribution >= 4 is 13.7 Å². The van der Waals surface area contributed by atoms with Crippen LogP contribution in [0.1, 0.15) is 44.4 Å². The van der Waals surface area contributed by atoms with Gasteiger partial charge in [0.05, 0.1) is 6.61 Å². The molecule has 0 bridgehead atoms. The molecule has 36 heavy (non-hydrogen) atoms. The Morgan fingerprint density at radius 3 is 2.58 bits per heavy atom. The highest BCUT2D eigenvalue weighted by Crippen LogP contribution is 2.48. The average molecular weight is 527 g/mol. The first-order valence-electron chi connectivity index (χ1n) is 11.3. The van der Waals surface area contributed by atoms with Crippen LogP contribution < -0.4 is 20.9 Å². The number of hydrogen-bond donors (Lipinski definition) is 4. The number of carboxylic acids is 1. The second-order valence-electron chi connectivity index (χ2n) is 9.06. The number of halogens is 1. The average Bonchev–Trinajstić information content (AvgIpc) is 3.62. The quantitative estimate of drug-likeness (QED) is 0.334. The number of carboxylic acid groups (broad SMARTS) is 1. The summed E-state index contributed by atoms with van der Waals surface area (Å²) in [5.41, 5.74) is -3.05. The Kier molecular flexibility index (Phi) is 7.22. The number of ether oxygens (including phenoxy) is 1. The molecule has 6 atom stereocenters. The molecule has 1 aliphatic carbocycles. The standard InChI is InChI=1S/C22H27FN3O9P/c1-12(19(29)30)25-36(32,35-15-7-5-14(6-8-15)13-3-4-13)33-11-16-18(28)22(2,23)20(34-16)26-10-9-17(27)24-21(26)31/h5-10,12-13,16,18,20,28H,3-4,11H2,1-2H3,(H,25,32)(H,29,30)(H,24,27,31)/t12?,16-,18-,20-,22-,36+/m1/s1. The fourth-order valence-electron chi connectivity index (χ4n) is 3.87. The van der Waals surface area contributed by atoms with Crippen molar-refractivity contribution in [2.45, 2.75) is 62.8 Å². The number of alkyl halides is 1. The van der Waals surface area contributed by atoms with E-state index in [4.69, 9.17) is 13.8 Å². The summed E-state index contributed by atoms with van der Waals surface area (Å²) >= 11 is 0. The van der Waals surface area contributed by atoms with Gasteiger partial charge in [0.25, 0.3) is 5.56 Å². The fourth-order valence-corrected chi connectivity index (χ4v) is 5.38. The van der Waals surface area contributed by atoms with Gasteiger partial charge in [-0.25, -0.2) is 13.8 Å². The number of H-pyrrole nitrogens is 1. The number of aliphatic carboxylic acids is 1.